The molecule has 0 radical (unpaired) electrons. The first kappa shape index (κ1) is 14.8. The Morgan fingerprint density at radius 1 is 1.33 bits per heavy atom. The molecule has 1 aromatic carbocycles. The highest BCUT2D eigenvalue weighted by atomic mass is 32.1. The molecule has 4 rings (SSSR count). The first-order valence-electron chi connectivity index (χ1n) is 7.61. The van der Waals surface area contributed by atoms with Crippen molar-refractivity contribution in [2.24, 2.45) is 0 Å². The zero-order chi connectivity index (χ0) is 16.4. The maximum absolute atomic E-state index is 12.1. The Morgan fingerprint density at radius 3 is 3.04 bits per heavy atom. The zero-order valence-corrected chi connectivity index (χ0v) is 13.5. The van der Waals surface area contributed by atoms with Crippen LogP contribution in [0.4, 0.5) is 15.6 Å². The van der Waals surface area contributed by atoms with E-state index in [4.69, 9.17) is 0 Å². The van der Waals surface area contributed by atoms with Crippen LogP contribution in [0.1, 0.15) is 35.8 Å². The molecular formula is C15H15N7OS. The molecule has 2 aromatic heterocycles. The number of benzene rings is 1. The number of H-pyrrole nitrogens is 1. The Hall–Kier alpha value is -2.81. The molecule has 122 valence electrons. The fourth-order valence-corrected chi connectivity index (χ4v) is 3.16. The van der Waals surface area contributed by atoms with Gasteiger partial charge in [0.2, 0.25) is 0 Å². The van der Waals surface area contributed by atoms with Crippen LogP contribution in [0.15, 0.2) is 29.6 Å². The summed E-state index contributed by atoms with van der Waals surface area (Å²) in [6.07, 6.45) is 2.94. The van der Waals surface area contributed by atoms with Gasteiger partial charge in [0, 0.05) is 23.4 Å². The van der Waals surface area contributed by atoms with Gasteiger partial charge in [-0.05, 0) is 30.5 Å². The first-order chi connectivity index (χ1) is 11.8. The fourth-order valence-electron chi connectivity index (χ4n) is 2.37. The number of hydrogen-bond acceptors (Lipinski definition) is 6. The van der Waals surface area contributed by atoms with E-state index in [-0.39, 0.29) is 6.03 Å². The lowest BCUT2D eigenvalue weighted by Crippen LogP contribution is -2.19. The number of anilines is 2. The van der Waals surface area contributed by atoms with Gasteiger partial charge in [-0.25, -0.2) is 9.78 Å². The second kappa shape index (κ2) is 6.36. The van der Waals surface area contributed by atoms with Gasteiger partial charge in [-0.15, -0.1) is 21.5 Å². The fraction of sp³-hybridized carbons (Fsp3) is 0.267. The summed E-state index contributed by atoms with van der Waals surface area (Å²) in [7, 11) is 0. The Kier molecular flexibility index (Phi) is 3.91. The molecule has 2 amide bonds. The molecule has 0 saturated heterocycles. The van der Waals surface area contributed by atoms with Crippen LogP contribution in [0.2, 0.25) is 0 Å². The summed E-state index contributed by atoms with van der Waals surface area (Å²) in [5, 5.41) is 22.0. The summed E-state index contributed by atoms with van der Waals surface area (Å²) >= 11 is 1.45. The molecule has 1 aliphatic rings. The molecule has 0 atom stereocenters. The van der Waals surface area contributed by atoms with E-state index in [9.17, 15) is 4.79 Å². The Morgan fingerprint density at radius 2 is 2.25 bits per heavy atom. The van der Waals surface area contributed by atoms with E-state index in [1.165, 1.54) is 24.2 Å². The smallest absolute Gasteiger partial charge is 0.308 e. The number of carbonyl (C=O) groups is 1. The van der Waals surface area contributed by atoms with E-state index in [1.807, 2.05) is 29.6 Å². The van der Waals surface area contributed by atoms with Gasteiger partial charge >= 0.3 is 6.03 Å². The third-order valence-corrected chi connectivity index (χ3v) is 4.45. The van der Waals surface area contributed by atoms with E-state index in [1.54, 1.807) is 0 Å². The van der Waals surface area contributed by atoms with Gasteiger partial charge in [-0.3, -0.25) is 5.32 Å². The van der Waals surface area contributed by atoms with Gasteiger partial charge in [-0.1, -0.05) is 17.3 Å². The van der Waals surface area contributed by atoms with Crippen molar-refractivity contribution in [1.82, 2.24) is 25.6 Å². The lowest BCUT2D eigenvalue weighted by Gasteiger charge is -2.07. The van der Waals surface area contributed by atoms with Gasteiger partial charge in [0.25, 0.3) is 0 Å². The molecule has 3 N–H and O–H groups in total. The standard InChI is InChI=1S/C15H15N7OS/c23-14(18-15-17-12(8-24-15)10-4-5-10)16-11-3-1-2-9(6-11)7-13-19-21-22-20-13/h1-3,6,8,10H,4-5,7H2,(H2,16,17,18,23)(H,19,20,21,22). The number of amides is 2. The Labute approximate surface area is 141 Å². The molecule has 1 saturated carbocycles. The quantitative estimate of drug-likeness (QED) is 0.661. The van der Waals surface area contributed by atoms with Crippen LogP contribution in [0.25, 0.3) is 0 Å². The molecule has 1 fully saturated rings. The normalized spacial score (nSPS) is 13.7. The molecule has 8 nitrogen and oxygen atoms in total. The Balaban J connectivity index is 1.37. The average Bonchev–Trinajstić information content (AvgIpc) is 3.09. The number of nitrogens with zero attached hydrogens (tertiary/aromatic N) is 4. The van der Waals surface area contributed by atoms with Crippen LogP contribution in [0.3, 0.4) is 0 Å². The van der Waals surface area contributed by atoms with Crippen molar-refractivity contribution in [2.45, 2.75) is 25.2 Å². The van der Waals surface area contributed by atoms with Gasteiger partial charge in [0.15, 0.2) is 11.0 Å². The number of hydrogen-bond donors (Lipinski definition) is 3. The lowest BCUT2D eigenvalue weighted by atomic mass is 10.1. The molecule has 0 bridgehead atoms. The van der Waals surface area contributed by atoms with Crippen LogP contribution in [-0.2, 0) is 6.42 Å². The van der Waals surface area contributed by atoms with Crippen LogP contribution in [-0.4, -0.2) is 31.6 Å². The number of aromatic nitrogens is 5. The predicted octanol–water partition coefficient (Wildman–Crippen LogP) is 2.77. The van der Waals surface area contributed by atoms with E-state index in [0.717, 1.165) is 11.3 Å². The van der Waals surface area contributed by atoms with Crippen molar-refractivity contribution >= 4 is 28.2 Å². The number of rotatable bonds is 5. The van der Waals surface area contributed by atoms with Crippen LogP contribution in [0, 0.1) is 0 Å². The molecule has 0 aliphatic heterocycles. The molecule has 9 heteroatoms. The van der Waals surface area contributed by atoms with Crippen molar-refractivity contribution in [3.8, 4) is 0 Å². The molecule has 3 aromatic rings. The van der Waals surface area contributed by atoms with Gasteiger partial charge in [0.05, 0.1) is 5.69 Å². The van der Waals surface area contributed by atoms with Crippen molar-refractivity contribution in [1.29, 1.82) is 0 Å². The number of thiazole rings is 1. The summed E-state index contributed by atoms with van der Waals surface area (Å²) in [6, 6.07) is 7.23. The summed E-state index contributed by atoms with van der Waals surface area (Å²) < 4.78 is 0. The number of urea groups is 1. The minimum Gasteiger partial charge on any atom is -0.308 e. The van der Waals surface area contributed by atoms with Crippen LogP contribution in [0.5, 0.6) is 0 Å². The number of nitrogens with one attached hydrogen (secondary N) is 3. The van der Waals surface area contributed by atoms with E-state index < -0.39 is 0 Å². The average molecular weight is 341 g/mol. The molecule has 1 aliphatic carbocycles. The second-order valence-corrected chi connectivity index (χ2v) is 6.49. The summed E-state index contributed by atoms with van der Waals surface area (Å²) in [5.41, 5.74) is 2.77. The lowest BCUT2D eigenvalue weighted by molar-refractivity contribution is 0.262. The minimum atomic E-state index is -0.302. The molecule has 2 heterocycles. The van der Waals surface area contributed by atoms with Crippen LogP contribution >= 0.6 is 11.3 Å². The van der Waals surface area contributed by atoms with Gasteiger partial charge in [0.1, 0.15) is 0 Å². The third-order valence-electron chi connectivity index (χ3n) is 3.67. The monoisotopic (exact) mass is 341 g/mol. The zero-order valence-electron chi connectivity index (χ0n) is 12.7. The summed E-state index contributed by atoms with van der Waals surface area (Å²) in [4.78, 5) is 16.6. The van der Waals surface area contributed by atoms with Crippen LogP contribution < -0.4 is 10.6 Å². The van der Waals surface area contributed by atoms with E-state index >= 15 is 0 Å². The third kappa shape index (κ3) is 3.57. The molecular weight excluding hydrogens is 326 g/mol. The molecule has 0 spiro atoms. The molecule has 0 unspecified atom stereocenters. The minimum absolute atomic E-state index is 0.302. The van der Waals surface area contributed by atoms with Crippen molar-refractivity contribution in [2.75, 3.05) is 10.6 Å². The first-order valence-corrected chi connectivity index (χ1v) is 8.49. The predicted molar refractivity (Wildman–Crippen MR) is 90.2 cm³/mol. The topological polar surface area (TPSA) is 108 Å². The van der Waals surface area contributed by atoms with E-state index in [0.29, 0.717) is 29.0 Å². The van der Waals surface area contributed by atoms with E-state index in [2.05, 4.69) is 36.2 Å². The maximum atomic E-state index is 12.1. The number of aromatic amines is 1. The molecule has 24 heavy (non-hydrogen) atoms. The van der Waals surface area contributed by atoms with Gasteiger partial charge in [-0.2, -0.15) is 5.21 Å². The number of tetrazole rings is 1. The summed E-state index contributed by atoms with van der Waals surface area (Å²) in [5.74, 6) is 1.19. The van der Waals surface area contributed by atoms with Crippen molar-refractivity contribution < 1.29 is 4.79 Å². The second-order valence-electron chi connectivity index (χ2n) is 5.64. The van der Waals surface area contributed by atoms with Crippen molar-refractivity contribution in [3.63, 3.8) is 0 Å². The Bertz CT molecular complexity index is 841. The maximum Gasteiger partial charge on any atom is 0.325 e. The largest absolute Gasteiger partial charge is 0.325 e. The highest BCUT2D eigenvalue weighted by Crippen LogP contribution is 2.40. The number of carbonyl (C=O) groups excluding carboxylic acids is 1. The highest BCUT2D eigenvalue weighted by molar-refractivity contribution is 7.14. The summed E-state index contributed by atoms with van der Waals surface area (Å²) in [6.45, 7) is 0. The SMILES string of the molecule is O=C(Nc1cccc(Cc2nn[nH]n2)c1)Nc1nc(C2CC2)cs1. The highest BCUT2D eigenvalue weighted by Gasteiger charge is 2.26. The van der Waals surface area contributed by atoms with Gasteiger partial charge < -0.3 is 5.32 Å². The van der Waals surface area contributed by atoms with Crippen molar-refractivity contribution in [3.05, 3.63) is 46.7 Å².